The molecule has 0 aromatic carbocycles. The number of carbonyl (C=O) groups excluding carboxylic acids is 1. The zero-order chi connectivity index (χ0) is 10.6. The lowest BCUT2D eigenvalue weighted by molar-refractivity contribution is -0.145. The predicted molar refractivity (Wildman–Crippen MR) is 53.8 cm³/mol. The van der Waals surface area contributed by atoms with Crippen molar-refractivity contribution in [1.29, 1.82) is 0 Å². The van der Waals surface area contributed by atoms with Gasteiger partial charge in [0.15, 0.2) is 0 Å². The van der Waals surface area contributed by atoms with E-state index in [4.69, 9.17) is 0 Å². The van der Waals surface area contributed by atoms with E-state index < -0.39 is 0 Å². The fourth-order valence-electron chi connectivity index (χ4n) is 2.35. The largest absolute Gasteiger partial charge is 0.469 e. The fourth-order valence-corrected chi connectivity index (χ4v) is 2.35. The van der Waals surface area contributed by atoms with Crippen molar-refractivity contribution in [3.63, 3.8) is 0 Å². The van der Waals surface area contributed by atoms with E-state index in [1.807, 2.05) is 6.92 Å². The Balaban J connectivity index is 2.59. The quantitative estimate of drug-likeness (QED) is 0.703. The summed E-state index contributed by atoms with van der Waals surface area (Å²) >= 11 is 0. The molecule has 3 nitrogen and oxygen atoms in total. The number of rotatable bonds is 4. The normalized spacial score (nSPS) is 21.9. The van der Waals surface area contributed by atoms with Crippen molar-refractivity contribution in [2.75, 3.05) is 13.7 Å². The first-order valence-electron chi connectivity index (χ1n) is 5.30. The van der Waals surface area contributed by atoms with E-state index in [0.29, 0.717) is 12.3 Å². The van der Waals surface area contributed by atoms with Crippen LogP contribution in [-0.4, -0.2) is 24.8 Å². The van der Waals surface area contributed by atoms with Crippen molar-refractivity contribution in [3.8, 4) is 0 Å². The molecule has 1 atom stereocenters. The van der Waals surface area contributed by atoms with E-state index in [2.05, 4.69) is 4.74 Å². The molecule has 1 aliphatic carbocycles. The van der Waals surface area contributed by atoms with Crippen LogP contribution in [-0.2, 0) is 9.53 Å². The van der Waals surface area contributed by atoms with Gasteiger partial charge in [-0.1, -0.05) is 19.8 Å². The predicted octanol–water partition coefficient (Wildman–Crippen LogP) is 1.74. The SMILES string of the molecule is COC(=O)CC(C)(CO)C1CCCC1. The third kappa shape index (κ3) is 2.47. The third-order valence-corrected chi connectivity index (χ3v) is 3.48. The van der Waals surface area contributed by atoms with Gasteiger partial charge in [0.1, 0.15) is 0 Å². The lowest BCUT2D eigenvalue weighted by Gasteiger charge is -2.32. The van der Waals surface area contributed by atoms with Crippen molar-refractivity contribution in [2.24, 2.45) is 11.3 Å². The highest BCUT2D eigenvalue weighted by Gasteiger charge is 2.37. The van der Waals surface area contributed by atoms with Crippen molar-refractivity contribution in [1.82, 2.24) is 0 Å². The van der Waals surface area contributed by atoms with Crippen LogP contribution in [0.5, 0.6) is 0 Å². The Bertz CT molecular complexity index is 197. The lowest BCUT2D eigenvalue weighted by atomic mass is 9.74. The van der Waals surface area contributed by atoms with Gasteiger partial charge in [0, 0.05) is 12.0 Å². The molecule has 0 spiro atoms. The summed E-state index contributed by atoms with van der Waals surface area (Å²) in [7, 11) is 1.40. The molecule has 1 rings (SSSR count). The number of aliphatic hydroxyl groups is 1. The van der Waals surface area contributed by atoms with Gasteiger partial charge in [-0.2, -0.15) is 0 Å². The molecule has 0 aliphatic heterocycles. The molecule has 3 heteroatoms. The van der Waals surface area contributed by atoms with Crippen LogP contribution in [0.1, 0.15) is 39.0 Å². The number of carbonyl (C=O) groups is 1. The van der Waals surface area contributed by atoms with E-state index in [9.17, 15) is 9.90 Å². The van der Waals surface area contributed by atoms with Gasteiger partial charge in [-0.05, 0) is 18.8 Å². The number of aliphatic hydroxyl groups excluding tert-OH is 1. The van der Waals surface area contributed by atoms with Gasteiger partial charge >= 0.3 is 5.97 Å². The van der Waals surface area contributed by atoms with Crippen molar-refractivity contribution < 1.29 is 14.6 Å². The molecule has 14 heavy (non-hydrogen) atoms. The molecule has 1 fully saturated rings. The van der Waals surface area contributed by atoms with Crippen LogP contribution in [0, 0.1) is 11.3 Å². The second-order valence-electron chi connectivity index (χ2n) is 4.55. The Morgan fingerprint density at radius 3 is 2.50 bits per heavy atom. The van der Waals surface area contributed by atoms with E-state index in [1.165, 1.54) is 20.0 Å². The molecule has 82 valence electrons. The van der Waals surface area contributed by atoms with Crippen LogP contribution >= 0.6 is 0 Å². The van der Waals surface area contributed by atoms with Gasteiger partial charge in [0.25, 0.3) is 0 Å². The van der Waals surface area contributed by atoms with Gasteiger partial charge in [-0.25, -0.2) is 0 Å². The molecular weight excluding hydrogens is 180 g/mol. The average molecular weight is 200 g/mol. The standard InChI is InChI=1S/C11H20O3/c1-11(8-12,7-10(13)14-2)9-5-3-4-6-9/h9,12H,3-8H2,1-2H3. The van der Waals surface area contributed by atoms with Crippen molar-refractivity contribution >= 4 is 5.97 Å². The zero-order valence-electron chi connectivity index (χ0n) is 9.08. The maximum atomic E-state index is 11.2. The maximum absolute atomic E-state index is 11.2. The first-order chi connectivity index (χ1) is 6.62. The van der Waals surface area contributed by atoms with Crippen LogP contribution in [0.15, 0.2) is 0 Å². The van der Waals surface area contributed by atoms with Crippen LogP contribution in [0.4, 0.5) is 0 Å². The highest BCUT2D eigenvalue weighted by Crippen LogP contribution is 2.41. The minimum absolute atomic E-state index is 0.0762. The minimum atomic E-state index is -0.274. The van der Waals surface area contributed by atoms with Crippen LogP contribution < -0.4 is 0 Å². The molecule has 0 aromatic rings. The minimum Gasteiger partial charge on any atom is -0.469 e. The number of hydrogen-bond acceptors (Lipinski definition) is 3. The summed E-state index contributed by atoms with van der Waals surface area (Å²) in [4.78, 5) is 11.2. The fraction of sp³-hybridized carbons (Fsp3) is 0.909. The van der Waals surface area contributed by atoms with Crippen LogP contribution in [0.2, 0.25) is 0 Å². The summed E-state index contributed by atoms with van der Waals surface area (Å²) in [5.74, 6) is 0.264. The van der Waals surface area contributed by atoms with Gasteiger partial charge < -0.3 is 9.84 Å². The monoisotopic (exact) mass is 200 g/mol. The first kappa shape index (κ1) is 11.5. The smallest absolute Gasteiger partial charge is 0.306 e. The Kier molecular flexibility index (Phi) is 3.93. The highest BCUT2D eigenvalue weighted by atomic mass is 16.5. The van der Waals surface area contributed by atoms with Crippen molar-refractivity contribution in [2.45, 2.75) is 39.0 Å². The zero-order valence-corrected chi connectivity index (χ0v) is 9.08. The van der Waals surface area contributed by atoms with E-state index in [0.717, 1.165) is 12.8 Å². The Morgan fingerprint density at radius 2 is 2.07 bits per heavy atom. The molecule has 0 bridgehead atoms. The highest BCUT2D eigenvalue weighted by molar-refractivity contribution is 5.70. The number of hydrogen-bond donors (Lipinski definition) is 1. The van der Waals surface area contributed by atoms with Crippen LogP contribution in [0.25, 0.3) is 0 Å². The third-order valence-electron chi connectivity index (χ3n) is 3.48. The molecule has 1 saturated carbocycles. The summed E-state index contributed by atoms with van der Waals surface area (Å²) < 4.78 is 4.66. The number of ether oxygens (including phenoxy) is 1. The molecule has 1 N–H and O–H groups in total. The summed E-state index contributed by atoms with van der Waals surface area (Å²) in [6, 6.07) is 0. The molecule has 1 unspecified atom stereocenters. The summed E-state index contributed by atoms with van der Waals surface area (Å²) in [5, 5.41) is 9.38. The topological polar surface area (TPSA) is 46.5 Å². The van der Waals surface area contributed by atoms with Gasteiger partial charge in [-0.3, -0.25) is 4.79 Å². The Labute approximate surface area is 85.5 Å². The maximum Gasteiger partial charge on any atom is 0.306 e. The summed E-state index contributed by atoms with van der Waals surface area (Å²) in [5.41, 5.74) is -0.274. The van der Waals surface area contributed by atoms with Gasteiger partial charge in [0.05, 0.1) is 13.5 Å². The lowest BCUT2D eigenvalue weighted by Crippen LogP contribution is -2.32. The molecule has 0 amide bonds. The molecule has 1 aliphatic rings. The second kappa shape index (κ2) is 4.78. The van der Waals surface area contributed by atoms with E-state index in [1.54, 1.807) is 0 Å². The van der Waals surface area contributed by atoms with Crippen LogP contribution in [0.3, 0.4) is 0 Å². The van der Waals surface area contributed by atoms with E-state index >= 15 is 0 Å². The van der Waals surface area contributed by atoms with Gasteiger partial charge in [0.2, 0.25) is 0 Å². The number of methoxy groups -OCH3 is 1. The van der Waals surface area contributed by atoms with E-state index in [-0.39, 0.29) is 18.0 Å². The summed E-state index contributed by atoms with van der Waals surface area (Å²) in [6.45, 7) is 2.06. The molecule has 0 saturated heterocycles. The second-order valence-corrected chi connectivity index (χ2v) is 4.55. The average Bonchev–Trinajstić information content (AvgIpc) is 2.70. The molecular formula is C11H20O3. The first-order valence-corrected chi connectivity index (χ1v) is 5.30. The van der Waals surface area contributed by atoms with Crippen molar-refractivity contribution in [3.05, 3.63) is 0 Å². The molecule has 0 aromatic heterocycles. The Hall–Kier alpha value is -0.570. The molecule has 0 heterocycles. The Morgan fingerprint density at radius 1 is 1.50 bits per heavy atom. The van der Waals surface area contributed by atoms with Gasteiger partial charge in [-0.15, -0.1) is 0 Å². The number of esters is 1. The summed E-state index contributed by atoms with van der Waals surface area (Å²) in [6.07, 6.45) is 5.05. The molecule has 0 radical (unpaired) electrons.